The lowest BCUT2D eigenvalue weighted by atomic mass is 10.1. The van der Waals surface area contributed by atoms with Crippen molar-refractivity contribution >= 4 is 23.2 Å². The Labute approximate surface area is 127 Å². The maximum Gasteiger partial charge on any atom is 0.257 e. The molecular weight excluding hydrogens is 288 g/mol. The third kappa shape index (κ3) is 4.06. The predicted molar refractivity (Wildman–Crippen MR) is 82.3 cm³/mol. The number of anilines is 1. The molecule has 5 heteroatoms. The number of aryl methyl sites for hydroxylation is 1. The van der Waals surface area contributed by atoms with Crippen molar-refractivity contribution in [3.05, 3.63) is 58.4 Å². The molecule has 0 saturated heterocycles. The van der Waals surface area contributed by atoms with Crippen LogP contribution in [0.3, 0.4) is 0 Å². The molecule has 0 saturated carbocycles. The van der Waals surface area contributed by atoms with Gasteiger partial charge in [-0.25, -0.2) is 0 Å². The third-order valence-electron chi connectivity index (χ3n) is 2.75. The molecular formula is C16H13ClN2O2. The van der Waals surface area contributed by atoms with Crippen LogP contribution in [0.25, 0.3) is 0 Å². The fourth-order valence-corrected chi connectivity index (χ4v) is 1.96. The number of hydrogen-bond donors (Lipinski definition) is 2. The Morgan fingerprint density at radius 2 is 2.19 bits per heavy atom. The smallest absolute Gasteiger partial charge is 0.257 e. The van der Waals surface area contributed by atoms with Gasteiger partial charge in [-0.15, -0.1) is 0 Å². The zero-order chi connectivity index (χ0) is 15.2. The van der Waals surface area contributed by atoms with Gasteiger partial charge in [0.1, 0.15) is 6.61 Å². The second-order valence-corrected chi connectivity index (χ2v) is 4.77. The van der Waals surface area contributed by atoms with Crippen LogP contribution in [0.15, 0.2) is 36.7 Å². The van der Waals surface area contributed by atoms with Crippen LogP contribution in [-0.4, -0.2) is 22.6 Å². The number of aliphatic hydroxyl groups excluding tert-OH is 1. The van der Waals surface area contributed by atoms with Crippen LogP contribution in [0.2, 0.25) is 5.02 Å². The average molecular weight is 301 g/mol. The van der Waals surface area contributed by atoms with Crippen molar-refractivity contribution in [2.75, 3.05) is 11.9 Å². The van der Waals surface area contributed by atoms with Crippen LogP contribution in [0.5, 0.6) is 0 Å². The molecule has 2 aromatic rings. The van der Waals surface area contributed by atoms with Crippen LogP contribution < -0.4 is 5.32 Å². The van der Waals surface area contributed by atoms with Crippen molar-refractivity contribution in [2.24, 2.45) is 0 Å². The number of aliphatic hydroxyl groups is 1. The molecule has 0 spiro atoms. The molecule has 0 aliphatic carbocycles. The van der Waals surface area contributed by atoms with Gasteiger partial charge in [0, 0.05) is 28.7 Å². The Balaban J connectivity index is 2.20. The minimum absolute atomic E-state index is 0.236. The van der Waals surface area contributed by atoms with Gasteiger partial charge in [-0.2, -0.15) is 0 Å². The van der Waals surface area contributed by atoms with Crippen molar-refractivity contribution in [1.82, 2.24) is 4.98 Å². The van der Waals surface area contributed by atoms with Gasteiger partial charge in [-0.3, -0.25) is 9.78 Å². The van der Waals surface area contributed by atoms with Crippen LogP contribution in [0.4, 0.5) is 5.69 Å². The maximum atomic E-state index is 12.2. The van der Waals surface area contributed by atoms with Gasteiger partial charge in [0.15, 0.2) is 0 Å². The van der Waals surface area contributed by atoms with E-state index in [9.17, 15) is 4.79 Å². The predicted octanol–water partition coefficient (Wildman–Crippen LogP) is 2.64. The highest BCUT2D eigenvalue weighted by Crippen LogP contribution is 2.20. The first kappa shape index (κ1) is 15.0. The molecule has 0 unspecified atom stereocenters. The molecule has 1 aromatic carbocycles. The number of aromatic nitrogens is 1. The molecule has 0 radical (unpaired) electrons. The average Bonchev–Trinajstić information content (AvgIpc) is 2.48. The number of nitrogens with one attached hydrogen (secondary N) is 1. The van der Waals surface area contributed by atoms with E-state index in [0.29, 0.717) is 21.8 Å². The number of benzene rings is 1. The van der Waals surface area contributed by atoms with E-state index >= 15 is 0 Å². The first-order valence-electron chi connectivity index (χ1n) is 6.22. The maximum absolute atomic E-state index is 12.2. The highest BCUT2D eigenvalue weighted by Gasteiger charge is 2.08. The Bertz CT molecular complexity index is 733. The van der Waals surface area contributed by atoms with E-state index in [0.717, 1.165) is 5.56 Å². The summed E-state index contributed by atoms with van der Waals surface area (Å²) in [6.45, 7) is 1.63. The molecule has 1 amide bonds. The van der Waals surface area contributed by atoms with Gasteiger partial charge >= 0.3 is 0 Å². The number of hydrogen-bond acceptors (Lipinski definition) is 3. The number of rotatable bonds is 2. The SMILES string of the molecule is Cc1cc(Cl)ccc1NC(=O)c1cncc(C#CCO)c1. The van der Waals surface area contributed by atoms with Gasteiger partial charge in [0.25, 0.3) is 5.91 Å². The van der Waals surface area contributed by atoms with Gasteiger partial charge in [0.05, 0.1) is 5.56 Å². The summed E-state index contributed by atoms with van der Waals surface area (Å²) in [6.07, 6.45) is 3.00. The summed E-state index contributed by atoms with van der Waals surface area (Å²) in [6, 6.07) is 6.86. The summed E-state index contributed by atoms with van der Waals surface area (Å²) in [5, 5.41) is 12.1. The number of amides is 1. The highest BCUT2D eigenvalue weighted by molar-refractivity contribution is 6.30. The van der Waals surface area contributed by atoms with Crippen molar-refractivity contribution in [3.8, 4) is 11.8 Å². The van der Waals surface area contributed by atoms with E-state index in [2.05, 4.69) is 22.1 Å². The molecule has 4 nitrogen and oxygen atoms in total. The summed E-state index contributed by atoms with van der Waals surface area (Å²) >= 11 is 5.88. The van der Waals surface area contributed by atoms with Crippen molar-refractivity contribution in [3.63, 3.8) is 0 Å². The number of carbonyl (C=O) groups is 1. The fraction of sp³-hybridized carbons (Fsp3) is 0.125. The molecule has 2 N–H and O–H groups in total. The van der Waals surface area contributed by atoms with E-state index in [-0.39, 0.29) is 12.5 Å². The standard InChI is InChI=1S/C16H13ClN2O2/c1-11-7-14(17)4-5-15(11)19-16(21)13-8-12(3-2-6-20)9-18-10-13/h4-5,7-10,20H,6H2,1H3,(H,19,21). The lowest BCUT2D eigenvalue weighted by Crippen LogP contribution is -2.13. The zero-order valence-electron chi connectivity index (χ0n) is 11.4. The summed E-state index contributed by atoms with van der Waals surface area (Å²) in [4.78, 5) is 16.2. The lowest BCUT2D eigenvalue weighted by molar-refractivity contribution is 0.102. The lowest BCUT2D eigenvalue weighted by Gasteiger charge is -2.08. The molecule has 0 aliphatic heterocycles. The molecule has 106 valence electrons. The third-order valence-corrected chi connectivity index (χ3v) is 2.98. The molecule has 2 rings (SSSR count). The molecule has 0 aliphatic rings. The largest absolute Gasteiger partial charge is 0.384 e. The summed E-state index contributed by atoms with van der Waals surface area (Å²) < 4.78 is 0. The molecule has 21 heavy (non-hydrogen) atoms. The van der Waals surface area contributed by atoms with Crippen LogP contribution in [-0.2, 0) is 0 Å². The molecule has 0 bridgehead atoms. The quantitative estimate of drug-likeness (QED) is 0.838. The first-order chi connectivity index (χ1) is 10.1. The summed E-state index contributed by atoms with van der Waals surface area (Å²) in [5.41, 5.74) is 2.54. The van der Waals surface area contributed by atoms with Crippen molar-refractivity contribution in [2.45, 2.75) is 6.92 Å². The number of pyridine rings is 1. The Morgan fingerprint density at radius 3 is 2.90 bits per heavy atom. The Morgan fingerprint density at radius 1 is 1.38 bits per heavy atom. The second-order valence-electron chi connectivity index (χ2n) is 4.34. The van der Waals surface area contributed by atoms with Crippen LogP contribution >= 0.6 is 11.6 Å². The molecule has 0 atom stereocenters. The normalized spacial score (nSPS) is 9.67. The topological polar surface area (TPSA) is 62.2 Å². The number of carbonyl (C=O) groups excluding carboxylic acids is 1. The van der Waals surface area contributed by atoms with E-state index in [1.165, 1.54) is 12.4 Å². The minimum Gasteiger partial charge on any atom is -0.384 e. The zero-order valence-corrected chi connectivity index (χ0v) is 12.1. The van der Waals surface area contributed by atoms with E-state index in [4.69, 9.17) is 16.7 Å². The summed E-state index contributed by atoms with van der Waals surface area (Å²) in [7, 11) is 0. The highest BCUT2D eigenvalue weighted by atomic mass is 35.5. The number of halogens is 1. The first-order valence-corrected chi connectivity index (χ1v) is 6.60. The molecule has 1 aromatic heterocycles. The summed E-state index contributed by atoms with van der Waals surface area (Å²) in [5.74, 6) is 4.95. The molecule has 1 heterocycles. The van der Waals surface area contributed by atoms with Gasteiger partial charge < -0.3 is 10.4 Å². The van der Waals surface area contributed by atoms with Crippen LogP contribution in [0, 0.1) is 18.8 Å². The van der Waals surface area contributed by atoms with Gasteiger partial charge in [-0.05, 0) is 36.8 Å². The second kappa shape index (κ2) is 6.89. The Kier molecular flexibility index (Phi) is 4.94. The van der Waals surface area contributed by atoms with Gasteiger partial charge in [-0.1, -0.05) is 23.4 Å². The van der Waals surface area contributed by atoms with Gasteiger partial charge in [0.2, 0.25) is 0 Å². The minimum atomic E-state index is -0.277. The number of nitrogens with zero attached hydrogens (tertiary/aromatic N) is 1. The van der Waals surface area contributed by atoms with Crippen LogP contribution in [0.1, 0.15) is 21.5 Å². The van der Waals surface area contributed by atoms with E-state index < -0.39 is 0 Å². The monoisotopic (exact) mass is 300 g/mol. The van der Waals surface area contributed by atoms with Crippen molar-refractivity contribution in [1.29, 1.82) is 0 Å². The van der Waals surface area contributed by atoms with Crippen molar-refractivity contribution < 1.29 is 9.90 Å². The fourth-order valence-electron chi connectivity index (χ4n) is 1.74. The van der Waals surface area contributed by atoms with E-state index in [1.807, 2.05) is 6.92 Å². The van der Waals surface area contributed by atoms with E-state index in [1.54, 1.807) is 24.3 Å². The molecule has 0 fully saturated rings. The Hall–Kier alpha value is -2.35.